The number of alkyl halides is 1. The van der Waals surface area contributed by atoms with Crippen molar-refractivity contribution in [1.29, 1.82) is 0 Å². The maximum Gasteiger partial charge on any atom is 0.129 e. The van der Waals surface area contributed by atoms with E-state index in [2.05, 4.69) is 5.32 Å². The summed E-state index contributed by atoms with van der Waals surface area (Å²) >= 11 is 0. The fraction of sp³-hybridized carbons (Fsp3) is 0.600. The first kappa shape index (κ1) is 13.3. The Balaban J connectivity index is 2.06. The number of piperidine rings is 1. The van der Waals surface area contributed by atoms with Gasteiger partial charge in [0, 0.05) is 12.5 Å². The van der Waals surface area contributed by atoms with Gasteiger partial charge in [0.25, 0.3) is 0 Å². The van der Waals surface area contributed by atoms with E-state index in [-0.39, 0.29) is 12.0 Å². The Morgan fingerprint density at radius 1 is 1.39 bits per heavy atom. The Labute approximate surface area is 109 Å². The SMILES string of the molecule is CC(C)Oc1cccc(C(F)C2CCCNC2)c1. The molecule has 2 unspecified atom stereocenters. The molecular weight excluding hydrogens is 229 g/mol. The fourth-order valence-electron chi connectivity index (χ4n) is 2.43. The summed E-state index contributed by atoms with van der Waals surface area (Å²) in [5.74, 6) is 0.849. The van der Waals surface area contributed by atoms with Gasteiger partial charge in [-0.3, -0.25) is 0 Å². The van der Waals surface area contributed by atoms with Crippen molar-refractivity contribution in [2.24, 2.45) is 5.92 Å². The van der Waals surface area contributed by atoms with Crippen LogP contribution in [0.25, 0.3) is 0 Å². The van der Waals surface area contributed by atoms with Crippen LogP contribution in [0.1, 0.15) is 38.4 Å². The standard InChI is InChI=1S/C15H22FNO/c1-11(2)18-14-7-3-5-12(9-14)15(16)13-6-4-8-17-10-13/h3,5,7,9,11,13,15,17H,4,6,8,10H2,1-2H3. The Bertz CT molecular complexity index is 375. The Morgan fingerprint density at radius 2 is 2.22 bits per heavy atom. The van der Waals surface area contributed by atoms with Crippen molar-refractivity contribution >= 4 is 0 Å². The molecule has 3 heteroatoms. The molecule has 1 aromatic carbocycles. The van der Waals surface area contributed by atoms with Gasteiger partial charge in [-0.25, -0.2) is 4.39 Å². The van der Waals surface area contributed by atoms with Crippen LogP contribution in [-0.4, -0.2) is 19.2 Å². The van der Waals surface area contributed by atoms with E-state index in [4.69, 9.17) is 4.74 Å². The molecule has 1 heterocycles. The van der Waals surface area contributed by atoms with Crippen molar-refractivity contribution in [1.82, 2.24) is 5.32 Å². The maximum atomic E-state index is 14.4. The van der Waals surface area contributed by atoms with Gasteiger partial charge in [0.1, 0.15) is 11.9 Å². The first-order valence-electron chi connectivity index (χ1n) is 6.78. The summed E-state index contributed by atoms with van der Waals surface area (Å²) in [6.45, 7) is 5.74. The smallest absolute Gasteiger partial charge is 0.129 e. The van der Waals surface area contributed by atoms with E-state index in [9.17, 15) is 4.39 Å². The molecular formula is C15H22FNO. The van der Waals surface area contributed by atoms with Crippen LogP contribution < -0.4 is 10.1 Å². The summed E-state index contributed by atoms with van der Waals surface area (Å²) in [4.78, 5) is 0. The van der Waals surface area contributed by atoms with Crippen LogP contribution in [0.2, 0.25) is 0 Å². The van der Waals surface area contributed by atoms with Gasteiger partial charge in [0.15, 0.2) is 0 Å². The van der Waals surface area contributed by atoms with Crippen LogP contribution in [0, 0.1) is 5.92 Å². The van der Waals surface area contributed by atoms with E-state index >= 15 is 0 Å². The number of benzene rings is 1. The van der Waals surface area contributed by atoms with Gasteiger partial charge in [0.05, 0.1) is 6.10 Å². The van der Waals surface area contributed by atoms with E-state index in [0.717, 1.165) is 37.2 Å². The highest BCUT2D eigenvalue weighted by molar-refractivity contribution is 5.30. The lowest BCUT2D eigenvalue weighted by molar-refractivity contribution is 0.193. The minimum absolute atomic E-state index is 0.0908. The molecule has 1 aliphatic rings. The van der Waals surface area contributed by atoms with Gasteiger partial charge in [-0.1, -0.05) is 12.1 Å². The summed E-state index contributed by atoms with van der Waals surface area (Å²) in [5.41, 5.74) is 0.738. The topological polar surface area (TPSA) is 21.3 Å². The van der Waals surface area contributed by atoms with Crippen LogP contribution in [-0.2, 0) is 0 Å². The van der Waals surface area contributed by atoms with Crippen molar-refractivity contribution in [3.8, 4) is 5.75 Å². The second-order valence-corrected chi connectivity index (χ2v) is 5.25. The summed E-state index contributed by atoms with van der Waals surface area (Å²) in [5, 5.41) is 3.26. The quantitative estimate of drug-likeness (QED) is 0.884. The van der Waals surface area contributed by atoms with Crippen LogP contribution in [0.3, 0.4) is 0 Å². The number of halogens is 1. The van der Waals surface area contributed by atoms with Crippen LogP contribution in [0.4, 0.5) is 4.39 Å². The molecule has 1 aliphatic heterocycles. The Kier molecular flexibility index (Phi) is 4.59. The second-order valence-electron chi connectivity index (χ2n) is 5.25. The zero-order chi connectivity index (χ0) is 13.0. The summed E-state index contributed by atoms with van der Waals surface area (Å²) < 4.78 is 20.1. The average molecular weight is 251 g/mol. The van der Waals surface area contributed by atoms with Crippen molar-refractivity contribution in [2.75, 3.05) is 13.1 Å². The third-order valence-electron chi connectivity index (χ3n) is 3.30. The summed E-state index contributed by atoms with van der Waals surface area (Å²) in [6.07, 6.45) is 1.25. The second kappa shape index (κ2) is 6.19. The van der Waals surface area contributed by atoms with Crippen LogP contribution in [0.5, 0.6) is 5.75 Å². The molecule has 0 saturated carbocycles. The first-order chi connectivity index (χ1) is 8.66. The maximum absolute atomic E-state index is 14.4. The van der Waals surface area contributed by atoms with E-state index in [0.29, 0.717) is 0 Å². The molecule has 0 spiro atoms. The van der Waals surface area contributed by atoms with Crippen molar-refractivity contribution < 1.29 is 9.13 Å². The normalized spacial score (nSPS) is 21.9. The lowest BCUT2D eigenvalue weighted by Gasteiger charge is -2.26. The molecule has 100 valence electrons. The number of rotatable bonds is 4. The van der Waals surface area contributed by atoms with E-state index in [1.807, 2.05) is 38.1 Å². The molecule has 0 aromatic heterocycles. The third-order valence-corrected chi connectivity index (χ3v) is 3.30. The predicted molar refractivity (Wildman–Crippen MR) is 71.6 cm³/mol. The Hall–Kier alpha value is -1.09. The third kappa shape index (κ3) is 3.45. The molecule has 0 aliphatic carbocycles. The number of hydrogen-bond acceptors (Lipinski definition) is 2. The molecule has 2 nitrogen and oxygen atoms in total. The van der Waals surface area contributed by atoms with Gasteiger partial charge in [-0.2, -0.15) is 0 Å². The highest BCUT2D eigenvalue weighted by Gasteiger charge is 2.24. The van der Waals surface area contributed by atoms with Gasteiger partial charge >= 0.3 is 0 Å². The van der Waals surface area contributed by atoms with Gasteiger partial charge in [0.2, 0.25) is 0 Å². The van der Waals surface area contributed by atoms with Gasteiger partial charge in [-0.15, -0.1) is 0 Å². The highest BCUT2D eigenvalue weighted by atomic mass is 19.1. The van der Waals surface area contributed by atoms with Crippen LogP contribution in [0.15, 0.2) is 24.3 Å². The molecule has 0 amide bonds. The largest absolute Gasteiger partial charge is 0.491 e. The van der Waals surface area contributed by atoms with Crippen molar-refractivity contribution in [2.45, 2.75) is 39.0 Å². The van der Waals surface area contributed by atoms with Crippen molar-refractivity contribution in [3.05, 3.63) is 29.8 Å². The fourth-order valence-corrected chi connectivity index (χ4v) is 2.43. The van der Waals surface area contributed by atoms with Crippen molar-refractivity contribution in [3.63, 3.8) is 0 Å². The minimum Gasteiger partial charge on any atom is -0.491 e. The average Bonchev–Trinajstić information content (AvgIpc) is 2.38. The monoisotopic (exact) mass is 251 g/mol. The number of ether oxygens (including phenoxy) is 1. The highest BCUT2D eigenvalue weighted by Crippen LogP contribution is 2.32. The first-order valence-corrected chi connectivity index (χ1v) is 6.78. The lowest BCUT2D eigenvalue weighted by atomic mass is 9.90. The van der Waals surface area contributed by atoms with E-state index in [1.54, 1.807) is 0 Å². The molecule has 2 rings (SSSR count). The van der Waals surface area contributed by atoms with Gasteiger partial charge in [-0.05, 0) is 50.9 Å². The summed E-state index contributed by atoms with van der Waals surface area (Å²) in [7, 11) is 0. The van der Waals surface area contributed by atoms with E-state index in [1.165, 1.54) is 0 Å². The predicted octanol–water partition coefficient (Wildman–Crippen LogP) is 3.48. The molecule has 1 N–H and O–H groups in total. The van der Waals surface area contributed by atoms with Crippen LogP contribution >= 0.6 is 0 Å². The minimum atomic E-state index is -0.895. The zero-order valence-electron chi connectivity index (χ0n) is 11.2. The van der Waals surface area contributed by atoms with E-state index < -0.39 is 6.17 Å². The lowest BCUT2D eigenvalue weighted by Crippen LogP contribution is -2.32. The molecule has 1 fully saturated rings. The molecule has 0 radical (unpaired) electrons. The zero-order valence-corrected chi connectivity index (χ0v) is 11.2. The summed E-state index contributed by atoms with van der Waals surface area (Å²) in [6, 6.07) is 7.44. The Morgan fingerprint density at radius 3 is 2.89 bits per heavy atom. The molecule has 1 saturated heterocycles. The number of nitrogens with one attached hydrogen (secondary N) is 1. The molecule has 0 bridgehead atoms. The number of hydrogen-bond donors (Lipinski definition) is 1. The molecule has 18 heavy (non-hydrogen) atoms. The molecule has 2 atom stereocenters. The molecule has 1 aromatic rings. The van der Waals surface area contributed by atoms with Gasteiger partial charge < -0.3 is 10.1 Å².